The molecule has 1 fully saturated rings. The van der Waals surface area contributed by atoms with Gasteiger partial charge >= 0.3 is 12.1 Å². The quantitative estimate of drug-likeness (QED) is 0.693. The van der Waals surface area contributed by atoms with E-state index in [1.165, 1.54) is 0 Å². The van der Waals surface area contributed by atoms with Gasteiger partial charge in [0.25, 0.3) is 0 Å². The van der Waals surface area contributed by atoms with E-state index in [-0.39, 0.29) is 25.4 Å². The van der Waals surface area contributed by atoms with E-state index in [1.807, 2.05) is 0 Å². The molecule has 2 N–H and O–H groups in total. The highest BCUT2D eigenvalue weighted by Gasteiger charge is 2.49. The van der Waals surface area contributed by atoms with Crippen LogP contribution in [0, 0.1) is 5.92 Å². The number of aliphatic carboxylic acids is 1. The van der Waals surface area contributed by atoms with Crippen LogP contribution in [0.1, 0.15) is 6.42 Å². The lowest BCUT2D eigenvalue weighted by molar-refractivity contribution is -0.183. The van der Waals surface area contributed by atoms with Gasteiger partial charge in [-0.05, 0) is 13.0 Å². The molecule has 1 heterocycles. The number of carboxylic acid groups (broad SMARTS) is 1. The fourth-order valence-corrected chi connectivity index (χ4v) is 1.32. The molecule has 0 amide bonds. The van der Waals surface area contributed by atoms with Gasteiger partial charge in [-0.3, -0.25) is 4.79 Å². The topological polar surface area (TPSA) is 49.3 Å². The summed E-state index contributed by atoms with van der Waals surface area (Å²) < 4.78 is 36.2. The highest BCUT2D eigenvalue weighted by Crippen LogP contribution is 2.34. The molecule has 0 aromatic heterocycles. The number of halogens is 4. The Morgan fingerprint density at radius 3 is 2.31 bits per heavy atom. The lowest BCUT2D eigenvalue weighted by Gasteiger charge is -2.18. The van der Waals surface area contributed by atoms with Crippen LogP contribution in [0.3, 0.4) is 0 Å². The predicted molar refractivity (Wildman–Crippen MR) is 40.8 cm³/mol. The Hall–Kier alpha value is -0.490. The summed E-state index contributed by atoms with van der Waals surface area (Å²) >= 11 is 0. The summed E-state index contributed by atoms with van der Waals surface area (Å²) in [5.41, 5.74) is 0. The maximum atomic E-state index is 12.1. The van der Waals surface area contributed by atoms with Crippen molar-refractivity contribution in [3.05, 3.63) is 0 Å². The SMILES string of the molecule is Cl.O=C(O)[C@@H]1NCC[C@H]1C(F)(F)F. The van der Waals surface area contributed by atoms with Crippen molar-refractivity contribution < 1.29 is 23.1 Å². The van der Waals surface area contributed by atoms with E-state index < -0.39 is 24.1 Å². The summed E-state index contributed by atoms with van der Waals surface area (Å²) in [6, 6.07) is -1.47. The molecular weight excluding hydrogens is 211 g/mol. The van der Waals surface area contributed by atoms with Crippen LogP contribution >= 0.6 is 12.4 Å². The zero-order chi connectivity index (χ0) is 9.35. The fraction of sp³-hybridized carbons (Fsp3) is 0.833. The van der Waals surface area contributed by atoms with Crippen molar-refractivity contribution in [3.63, 3.8) is 0 Å². The van der Waals surface area contributed by atoms with Gasteiger partial charge in [0.05, 0.1) is 5.92 Å². The molecule has 0 unspecified atom stereocenters. The summed E-state index contributed by atoms with van der Waals surface area (Å²) in [5.74, 6) is -3.18. The van der Waals surface area contributed by atoms with Crippen molar-refractivity contribution in [1.82, 2.24) is 5.32 Å². The second-order valence-corrected chi connectivity index (χ2v) is 2.71. The van der Waals surface area contributed by atoms with E-state index in [9.17, 15) is 18.0 Å². The summed E-state index contributed by atoms with van der Waals surface area (Å²) in [5, 5.41) is 10.7. The number of alkyl halides is 3. The normalized spacial score (nSPS) is 28.2. The molecule has 1 saturated heterocycles. The molecule has 1 aliphatic heterocycles. The summed E-state index contributed by atoms with van der Waals surface area (Å²) in [6.45, 7) is 0.112. The third kappa shape index (κ3) is 2.73. The fourth-order valence-electron chi connectivity index (χ4n) is 1.32. The van der Waals surface area contributed by atoms with Gasteiger partial charge < -0.3 is 10.4 Å². The molecule has 0 spiro atoms. The molecule has 0 bridgehead atoms. The molecular formula is C6H9ClF3NO2. The number of nitrogens with one attached hydrogen (secondary N) is 1. The third-order valence-corrected chi connectivity index (χ3v) is 1.91. The van der Waals surface area contributed by atoms with Crippen molar-refractivity contribution >= 4 is 18.4 Å². The molecule has 0 aliphatic carbocycles. The second kappa shape index (κ2) is 4.15. The van der Waals surface area contributed by atoms with Gasteiger partial charge in [0.2, 0.25) is 0 Å². The van der Waals surface area contributed by atoms with Crippen molar-refractivity contribution in [3.8, 4) is 0 Å². The van der Waals surface area contributed by atoms with E-state index in [0.29, 0.717) is 0 Å². The smallest absolute Gasteiger partial charge is 0.393 e. The number of hydrogen-bond donors (Lipinski definition) is 2. The number of carbonyl (C=O) groups is 1. The molecule has 0 aromatic carbocycles. The van der Waals surface area contributed by atoms with Crippen molar-refractivity contribution in [2.45, 2.75) is 18.6 Å². The first-order chi connectivity index (χ1) is 5.43. The summed E-state index contributed by atoms with van der Waals surface area (Å²) in [6.07, 6.45) is -4.56. The Kier molecular flexibility index (Phi) is 3.99. The minimum atomic E-state index is -4.41. The highest BCUT2D eigenvalue weighted by atomic mass is 35.5. The molecule has 1 rings (SSSR count). The zero-order valence-corrected chi connectivity index (χ0v) is 7.28. The average Bonchev–Trinajstić information content (AvgIpc) is 2.30. The Morgan fingerprint density at radius 2 is 2.00 bits per heavy atom. The minimum Gasteiger partial charge on any atom is -0.480 e. The zero-order valence-electron chi connectivity index (χ0n) is 6.47. The maximum Gasteiger partial charge on any atom is 0.393 e. The van der Waals surface area contributed by atoms with Gasteiger partial charge in [0.15, 0.2) is 0 Å². The molecule has 2 atom stereocenters. The van der Waals surface area contributed by atoms with E-state index in [0.717, 1.165) is 0 Å². The third-order valence-electron chi connectivity index (χ3n) is 1.91. The molecule has 0 saturated carbocycles. The van der Waals surface area contributed by atoms with Gasteiger partial charge in [-0.25, -0.2) is 0 Å². The summed E-state index contributed by atoms with van der Waals surface area (Å²) in [7, 11) is 0. The van der Waals surface area contributed by atoms with Gasteiger partial charge in [0.1, 0.15) is 6.04 Å². The van der Waals surface area contributed by atoms with Crippen LogP contribution in [0.25, 0.3) is 0 Å². The second-order valence-electron chi connectivity index (χ2n) is 2.71. The lowest BCUT2D eigenvalue weighted by atomic mass is 10.0. The first kappa shape index (κ1) is 12.5. The Balaban J connectivity index is 0.00000144. The van der Waals surface area contributed by atoms with Crippen LogP contribution in [-0.2, 0) is 4.79 Å². The van der Waals surface area contributed by atoms with E-state index >= 15 is 0 Å². The van der Waals surface area contributed by atoms with E-state index in [4.69, 9.17) is 5.11 Å². The first-order valence-corrected chi connectivity index (χ1v) is 3.46. The van der Waals surface area contributed by atoms with Crippen LogP contribution in [0.2, 0.25) is 0 Å². The lowest BCUT2D eigenvalue weighted by Crippen LogP contribution is -2.41. The van der Waals surface area contributed by atoms with Gasteiger partial charge in [-0.15, -0.1) is 12.4 Å². The highest BCUT2D eigenvalue weighted by molar-refractivity contribution is 5.85. The van der Waals surface area contributed by atoms with E-state index in [1.54, 1.807) is 0 Å². The molecule has 3 nitrogen and oxygen atoms in total. The Bertz CT molecular complexity index is 197. The molecule has 7 heteroatoms. The van der Waals surface area contributed by atoms with Crippen LogP contribution < -0.4 is 5.32 Å². The molecule has 0 aromatic rings. The van der Waals surface area contributed by atoms with Gasteiger partial charge in [-0.2, -0.15) is 13.2 Å². The van der Waals surface area contributed by atoms with Crippen molar-refractivity contribution in [1.29, 1.82) is 0 Å². The number of carboxylic acids is 1. The van der Waals surface area contributed by atoms with Crippen LogP contribution in [0.5, 0.6) is 0 Å². The molecule has 13 heavy (non-hydrogen) atoms. The van der Waals surface area contributed by atoms with Crippen molar-refractivity contribution in [2.75, 3.05) is 6.54 Å². The Labute approximate surface area is 78.7 Å². The predicted octanol–water partition coefficient (Wildman–Crippen LogP) is 1.03. The molecule has 78 valence electrons. The van der Waals surface area contributed by atoms with Gasteiger partial charge in [0, 0.05) is 0 Å². The Morgan fingerprint density at radius 1 is 1.46 bits per heavy atom. The monoisotopic (exact) mass is 219 g/mol. The number of rotatable bonds is 1. The maximum absolute atomic E-state index is 12.1. The summed E-state index contributed by atoms with van der Waals surface area (Å²) in [4.78, 5) is 10.3. The minimum absolute atomic E-state index is 0. The van der Waals surface area contributed by atoms with E-state index in [2.05, 4.69) is 5.32 Å². The number of hydrogen-bond acceptors (Lipinski definition) is 2. The first-order valence-electron chi connectivity index (χ1n) is 3.46. The largest absolute Gasteiger partial charge is 0.480 e. The standard InChI is InChI=1S/C6H8F3NO2.ClH/c7-6(8,9)3-1-2-10-4(3)5(11)12;/h3-4,10H,1-2H2,(H,11,12);1H/t3-,4-;/m1./s1. The van der Waals surface area contributed by atoms with Gasteiger partial charge in [-0.1, -0.05) is 0 Å². The van der Waals surface area contributed by atoms with Crippen LogP contribution in [0.4, 0.5) is 13.2 Å². The van der Waals surface area contributed by atoms with Crippen LogP contribution in [-0.4, -0.2) is 29.8 Å². The van der Waals surface area contributed by atoms with Crippen molar-refractivity contribution in [2.24, 2.45) is 5.92 Å². The van der Waals surface area contributed by atoms with Crippen LogP contribution in [0.15, 0.2) is 0 Å². The average molecular weight is 220 g/mol. The molecule has 0 radical (unpaired) electrons. The molecule has 1 aliphatic rings.